The second-order valence-corrected chi connectivity index (χ2v) is 7.83. The summed E-state index contributed by atoms with van der Waals surface area (Å²) in [5.41, 5.74) is 1.27. The van der Waals surface area contributed by atoms with E-state index in [1.807, 2.05) is 41.3 Å². The van der Waals surface area contributed by atoms with E-state index >= 15 is 0 Å². The van der Waals surface area contributed by atoms with Crippen LogP contribution in [0.1, 0.15) is 18.4 Å². The van der Waals surface area contributed by atoms with Crippen molar-refractivity contribution in [2.45, 2.75) is 19.4 Å². The maximum atomic E-state index is 12.5. The zero-order valence-electron chi connectivity index (χ0n) is 16.3. The summed E-state index contributed by atoms with van der Waals surface area (Å²) in [7, 11) is 1.68. The highest BCUT2D eigenvalue weighted by molar-refractivity contribution is 9.10. The van der Waals surface area contributed by atoms with E-state index in [1.54, 1.807) is 7.11 Å². The third kappa shape index (κ3) is 6.24. The van der Waals surface area contributed by atoms with E-state index in [2.05, 4.69) is 33.0 Å². The van der Waals surface area contributed by atoms with E-state index in [4.69, 9.17) is 9.47 Å². The summed E-state index contributed by atoms with van der Waals surface area (Å²) in [6, 6.07) is 15.9. The topological polar surface area (TPSA) is 42.0 Å². The van der Waals surface area contributed by atoms with Gasteiger partial charge in [0.2, 0.25) is 5.91 Å². The van der Waals surface area contributed by atoms with Crippen LogP contribution in [0.4, 0.5) is 0 Å². The van der Waals surface area contributed by atoms with Crippen LogP contribution in [-0.2, 0) is 11.3 Å². The predicted octanol–water partition coefficient (Wildman–Crippen LogP) is 3.96. The van der Waals surface area contributed by atoms with Crippen molar-refractivity contribution in [1.29, 1.82) is 0 Å². The van der Waals surface area contributed by atoms with E-state index in [0.29, 0.717) is 13.0 Å². The molecule has 3 rings (SSSR count). The van der Waals surface area contributed by atoms with Gasteiger partial charge in [-0.3, -0.25) is 9.69 Å². The van der Waals surface area contributed by atoms with Crippen molar-refractivity contribution in [1.82, 2.24) is 9.80 Å². The molecule has 1 aliphatic rings. The van der Waals surface area contributed by atoms with Crippen molar-refractivity contribution in [2.24, 2.45) is 0 Å². The number of hydrogen-bond donors (Lipinski definition) is 0. The fourth-order valence-corrected chi connectivity index (χ4v) is 3.72. The molecule has 5 nitrogen and oxygen atoms in total. The minimum absolute atomic E-state index is 0.168. The van der Waals surface area contributed by atoms with Crippen molar-refractivity contribution in [3.05, 3.63) is 58.6 Å². The lowest BCUT2D eigenvalue weighted by Gasteiger charge is -2.22. The van der Waals surface area contributed by atoms with Gasteiger partial charge in [-0.1, -0.05) is 34.1 Å². The van der Waals surface area contributed by atoms with E-state index in [9.17, 15) is 4.79 Å². The van der Waals surface area contributed by atoms with Crippen LogP contribution in [0.5, 0.6) is 11.5 Å². The predicted molar refractivity (Wildman–Crippen MR) is 114 cm³/mol. The smallest absolute Gasteiger partial charge is 0.226 e. The highest BCUT2D eigenvalue weighted by Crippen LogP contribution is 2.18. The number of ether oxygens (including phenoxy) is 2. The summed E-state index contributed by atoms with van der Waals surface area (Å²) in [5.74, 6) is 1.83. The number of nitrogens with zero attached hydrogens (tertiary/aromatic N) is 2. The Morgan fingerprint density at radius 2 is 1.86 bits per heavy atom. The van der Waals surface area contributed by atoms with Crippen LogP contribution in [0.15, 0.2) is 53.0 Å². The Morgan fingerprint density at radius 3 is 2.61 bits per heavy atom. The summed E-state index contributed by atoms with van der Waals surface area (Å²) < 4.78 is 11.9. The standard InChI is InChI=1S/C22H27BrN2O3/c1-27-20-8-6-18(7-9-20)17-24-11-3-12-25(14-13-24)22(26)10-15-28-21-5-2-4-19(23)16-21/h2,4-9,16H,3,10-15,17H2,1H3. The summed E-state index contributed by atoms with van der Waals surface area (Å²) in [6.45, 7) is 4.79. The van der Waals surface area contributed by atoms with Crippen LogP contribution in [0.3, 0.4) is 0 Å². The monoisotopic (exact) mass is 446 g/mol. The largest absolute Gasteiger partial charge is 0.497 e. The fraction of sp³-hybridized carbons (Fsp3) is 0.409. The first-order chi connectivity index (χ1) is 13.6. The average Bonchev–Trinajstić information content (AvgIpc) is 2.94. The molecular formula is C22H27BrN2O3. The third-order valence-corrected chi connectivity index (χ3v) is 5.38. The van der Waals surface area contributed by atoms with Gasteiger partial charge in [-0.05, 0) is 42.3 Å². The van der Waals surface area contributed by atoms with Gasteiger partial charge in [-0.15, -0.1) is 0 Å². The third-order valence-electron chi connectivity index (χ3n) is 4.89. The van der Waals surface area contributed by atoms with Crippen molar-refractivity contribution in [3.63, 3.8) is 0 Å². The molecule has 0 spiro atoms. The molecule has 1 amide bonds. The highest BCUT2D eigenvalue weighted by atomic mass is 79.9. The molecule has 6 heteroatoms. The van der Waals surface area contributed by atoms with Crippen LogP contribution >= 0.6 is 15.9 Å². The molecule has 0 unspecified atom stereocenters. The zero-order valence-corrected chi connectivity index (χ0v) is 17.9. The number of methoxy groups -OCH3 is 1. The molecule has 0 bridgehead atoms. The van der Waals surface area contributed by atoms with Gasteiger partial charge in [0.1, 0.15) is 11.5 Å². The second-order valence-electron chi connectivity index (χ2n) is 6.91. The molecule has 0 atom stereocenters. The zero-order chi connectivity index (χ0) is 19.8. The molecule has 1 saturated heterocycles. The van der Waals surface area contributed by atoms with Crippen molar-refractivity contribution in [3.8, 4) is 11.5 Å². The Morgan fingerprint density at radius 1 is 1.04 bits per heavy atom. The molecule has 1 heterocycles. The van der Waals surface area contributed by atoms with Gasteiger partial charge in [-0.2, -0.15) is 0 Å². The molecule has 2 aromatic rings. The van der Waals surface area contributed by atoms with Gasteiger partial charge >= 0.3 is 0 Å². The number of amides is 1. The first-order valence-corrected chi connectivity index (χ1v) is 10.4. The Hall–Kier alpha value is -2.05. The van der Waals surface area contributed by atoms with Crippen molar-refractivity contribution >= 4 is 21.8 Å². The molecule has 28 heavy (non-hydrogen) atoms. The normalized spacial score (nSPS) is 15.1. The van der Waals surface area contributed by atoms with E-state index in [0.717, 1.165) is 55.1 Å². The van der Waals surface area contributed by atoms with Crippen LogP contribution < -0.4 is 9.47 Å². The highest BCUT2D eigenvalue weighted by Gasteiger charge is 2.19. The van der Waals surface area contributed by atoms with Crippen LogP contribution in [0.2, 0.25) is 0 Å². The molecule has 0 N–H and O–H groups in total. The fourth-order valence-electron chi connectivity index (χ4n) is 3.34. The average molecular weight is 447 g/mol. The lowest BCUT2D eigenvalue weighted by Crippen LogP contribution is -2.35. The maximum absolute atomic E-state index is 12.5. The Labute approximate surface area is 175 Å². The van der Waals surface area contributed by atoms with Crippen LogP contribution in [-0.4, -0.2) is 55.6 Å². The van der Waals surface area contributed by atoms with Crippen LogP contribution in [0, 0.1) is 0 Å². The van der Waals surface area contributed by atoms with Gasteiger partial charge in [-0.25, -0.2) is 0 Å². The number of carbonyl (C=O) groups is 1. The summed E-state index contributed by atoms with van der Waals surface area (Å²) >= 11 is 3.42. The molecular weight excluding hydrogens is 420 g/mol. The lowest BCUT2D eigenvalue weighted by atomic mass is 10.2. The number of rotatable bonds is 7. The first-order valence-electron chi connectivity index (χ1n) is 9.65. The molecule has 0 aliphatic carbocycles. The first kappa shape index (κ1) is 20.7. The summed E-state index contributed by atoms with van der Waals surface area (Å²) in [4.78, 5) is 16.9. The van der Waals surface area contributed by atoms with Crippen molar-refractivity contribution in [2.75, 3.05) is 39.9 Å². The van der Waals surface area contributed by atoms with E-state index in [1.165, 1.54) is 5.56 Å². The van der Waals surface area contributed by atoms with Gasteiger partial charge in [0, 0.05) is 37.2 Å². The van der Waals surface area contributed by atoms with Crippen LogP contribution in [0.25, 0.3) is 0 Å². The maximum Gasteiger partial charge on any atom is 0.226 e. The molecule has 1 fully saturated rings. The SMILES string of the molecule is COc1ccc(CN2CCCN(C(=O)CCOc3cccc(Br)c3)CC2)cc1. The molecule has 1 aliphatic heterocycles. The van der Waals surface area contributed by atoms with Crippen molar-refractivity contribution < 1.29 is 14.3 Å². The Bertz CT molecular complexity index is 767. The van der Waals surface area contributed by atoms with E-state index < -0.39 is 0 Å². The minimum Gasteiger partial charge on any atom is -0.497 e. The molecule has 0 radical (unpaired) electrons. The Kier molecular flexibility index (Phi) is 7.74. The quantitative estimate of drug-likeness (QED) is 0.645. The van der Waals surface area contributed by atoms with Gasteiger partial charge in [0.05, 0.1) is 20.1 Å². The number of carbonyl (C=O) groups excluding carboxylic acids is 1. The summed E-state index contributed by atoms with van der Waals surface area (Å²) in [5, 5.41) is 0. The Balaban J connectivity index is 1.42. The number of halogens is 1. The lowest BCUT2D eigenvalue weighted by molar-refractivity contribution is -0.131. The van der Waals surface area contributed by atoms with Gasteiger partial charge in [0.15, 0.2) is 0 Å². The molecule has 0 aromatic heterocycles. The van der Waals surface area contributed by atoms with Gasteiger partial charge in [0.25, 0.3) is 0 Å². The molecule has 2 aromatic carbocycles. The summed E-state index contributed by atoms with van der Waals surface area (Å²) in [6.07, 6.45) is 1.40. The molecule has 150 valence electrons. The van der Waals surface area contributed by atoms with E-state index in [-0.39, 0.29) is 5.91 Å². The number of hydrogen-bond acceptors (Lipinski definition) is 4. The minimum atomic E-state index is 0.168. The van der Waals surface area contributed by atoms with Gasteiger partial charge < -0.3 is 14.4 Å². The molecule has 0 saturated carbocycles. The second kappa shape index (κ2) is 10.5. The number of benzene rings is 2.